The van der Waals surface area contributed by atoms with E-state index in [0.717, 1.165) is 0 Å². The molecule has 0 atom stereocenters. The summed E-state index contributed by atoms with van der Waals surface area (Å²) in [6, 6.07) is 4.60. The van der Waals surface area contributed by atoms with Gasteiger partial charge in [-0.05, 0) is 25.5 Å². The Kier molecular flexibility index (Phi) is 6.59. The number of ether oxygens (including phenoxy) is 1. The zero-order chi connectivity index (χ0) is 18.5. The van der Waals surface area contributed by atoms with Crippen LogP contribution in [0.3, 0.4) is 0 Å². The van der Waals surface area contributed by atoms with E-state index in [4.69, 9.17) is 9.84 Å². The molecule has 1 rings (SSSR count). The third kappa shape index (κ3) is 4.60. The van der Waals surface area contributed by atoms with Crippen molar-refractivity contribution in [2.24, 2.45) is 0 Å². The van der Waals surface area contributed by atoms with E-state index >= 15 is 0 Å². The highest BCUT2D eigenvalue weighted by Crippen LogP contribution is 2.29. The summed E-state index contributed by atoms with van der Waals surface area (Å²) >= 11 is 1.26. The molecule has 0 fully saturated rings. The molecule has 0 aliphatic heterocycles. The Labute approximate surface area is 143 Å². The van der Waals surface area contributed by atoms with Gasteiger partial charge < -0.3 is 14.7 Å². The highest BCUT2D eigenvalue weighted by Gasteiger charge is 2.34. The zero-order valence-corrected chi connectivity index (χ0v) is 14.8. The van der Waals surface area contributed by atoms with Crippen molar-refractivity contribution in [1.29, 1.82) is 0 Å². The topological polar surface area (TPSA) is 110 Å². The van der Waals surface area contributed by atoms with Crippen LogP contribution >= 0.6 is 11.8 Å². The molecule has 0 bridgehead atoms. The van der Waals surface area contributed by atoms with Gasteiger partial charge in [-0.1, -0.05) is 6.07 Å². The van der Waals surface area contributed by atoms with Gasteiger partial charge in [0, 0.05) is 18.9 Å². The summed E-state index contributed by atoms with van der Waals surface area (Å²) in [7, 11) is 2.80. The quantitative estimate of drug-likeness (QED) is 0.561. The molecular formula is C15H20N2O6S. The molecule has 0 heterocycles. The third-order valence-electron chi connectivity index (χ3n) is 3.67. The maximum atomic E-state index is 12.1. The number of carboxylic acids is 1. The van der Waals surface area contributed by atoms with Crippen molar-refractivity contribution in [2.45, 2.75) is 25.1 Å². The molecule has 0 saturated carbocycles. The average molecular weight is 356 g/mol. The first-order valence-corrected chi connectivity index (χ1v) is 8.15. The third-order valence-corrected chi connectivity index (χ3v) is 4.66. The van der Waals surface area contributed by atoms with Crippen molar-refractivity contribution in [2.75, 3.05) is 19.9 Å². The van der Waals surface area contributed by atoms with E-state index in [1.165, 1.54) is 56.8 Å². The number of benzene rings is 1. The van der Waals surface area contributed by atoms with Gasteiger partial charge >= 0.3 is 11.7 Å². The van der Waals surface area contributed by atoms with Gasteiger partial charge in [0.15, 0.2) is 5.75 Å². The molecule has 0 aliphatic rings. The number of nitrogens with zero attached hydrogens (tertiary/aromatic N) is 2. The lowest BCUT2D eigenvalue weighted by Crippen LogP contribution is -2.51. The van der Waals surface area contributed by atoms with Gasteiger partial charge in [0.1, 0.15) is 5.54 Å². The summed E-state index contributed by atoms with van der Waals surface area (Å²) in [6.45, 7) is 2.90. The molecule has 0 unspecified atom stereocenters. The molecule has 0 aromatic heterocycles. The molecule has 132 valence electrons. The average Bonchev–Trinajstić information content (AvgIpc) is 2.53. The van der Waals surface area contributed by atoms with Crippen molar-refractivity contribution in [3.8, 4) is 5.75 Å². The van der Waals surface area contributed by atoms with Crippen molar-refractivity contribution in [3.05, 3.63) is 33.9 Å². The zero-order valence-electron chi connectivity index (χ0n) is 13.9. The molecule has 9 heteroatoms. The number of hydrogen-bond donors (Lipinski definition) is 1. The van der Waals surface area contributed by atoms with Gasteiger partial charge in [-0.3, -0.25) is 14.9 Å². The molecule has 0 radical (unpaired) electrons. The second-order valence-electron chi connectivity index (χ2n) is 5.57. The number of aliphatic carboxylic acids is 1. The highest BCUT2D eigenvalue weighted by atomic mass is 32.2. The first-order chi connectivity index (χ1) is 11.1. The number of thioether (sulfide) groups is 1. The van der Waals surface area contributed by atoms with Crippen molar-refractivity contribution in [3.63, 3.8) is 0 Å². The lowest BCUT2D eigenvalue weighted by atomic mass is 10.0. The minimum atomic E-state index is -1.30. The lowest BCUT2D eigenvalue weighted by molar-refractivity contribution is -0.385. The van der Waals surface area contributed by atoms with Crippen LogP contribution in [0, 0.1) is 10.1 Å². The minimum absolute atomic E-state index is 0.0764. The van der Waals surface area contributed by atoms with Crippen LogP contribution in [0.15, 0.2) is 18.2 Å². The summed E-state index contributed by atoms with van der Waals surface area (Å²) in [4.78, 5) is 34.9. The number of carbonyl (C=O) groups excluding carboxylic acids is 1. The minimum Gasteiger partial charge on any atom is -0.490 e. The SMILES string of the molecule is COc1ccc(CSCC(=O)N(C)C(C)(C)C(=O)O)cc1[N+](=O)[O-]. The number of methoxy groups -OCH3 is 1. The van der Waals surface area contributed by atoms with E-state index in [1.807, 2.05) is 0 Å². The van der Waals surface area contributed by atoms with Crippen LogP contribution in [0.25, 0.3) is 0 Å². The summed E-state index contributed by atoms with van der Waals surface area (Å²) < 4.78 is 4.93. The maximum absolute atomic E-state index is 12.1. The lowest BCUT2D eigenvalue weighted by Gasteiger charge is -2.31. The van der Waals surface area contributed by atoms with Crippen LogP contribution in [-0.4, -0.2) is 52.3 Å². The van der Waals surface area contributed by atoms with Gasteiger partial charge in [-0.2, -0.15) is 0 Å². The fourth-order valence-electron chi connectivity index (χ4n) is 1.78. The number of carbonyl (C=O) groups is 2. The smallest absolute Gasteiger partial charge is 0.329 e. The van der Waals surface area contributed by atoms with Crippen LogP contribution in [0.5, 0.6) is 5.75 Å². The van der Waals surface area contributed by atoms with Crippen LogP contribution < -0.4 is 4.74 Å². The van der Waals surface area contributed by atoms with Crippen LogP contribution in [-0.2, 0) is 15.3 Å². The Morgan fingerprint density at radius 2 is 2.04 bits per heavy atom. The van der Waals surface area contributed by atoms with E-state index in [1.54, 1.807) is 6.07 Å². The van der Waals surface area contributed by atoms with E-state index in [9.17, 15) is 19.7 Å². The van der Waals surface area contributed by atoms with Crippen LogP contribution in [0.2, 0.25) is 0 Å². The van der Waals surface area contributed by atoms with Crippen LogP contribution in [0.1, 0.15) is 19.4 Å². The Balaban J connectivity index is 2.68. The monoisotopic (exact) mass is 356 g/mol. The Morgan fingerprint density at radius 1 is 1.42 bits per heavy atom. The summed E-state index contributed by atoms with van der Waals surface area (Å²) in [5, 5.41) is 20.1. The predicted molar refractivity (Wildman–Crippen MR) is 90.3 cm³/mol. The Hall–Kier alpha value is -2.29. The van der Waals surface area contributed by atoms with Crippen LogP contribution in [0.4, 0.5) is 5.69 Å². The van der Waals surface area contributed by atoms with Crippen molar-refractivity contribution in [1.82, 2.24) is 4.90 Å². The molecule has 1 amide bonds. The normalized spacial score (nSPS) is 11.0. The molecule has 0 saturated heterocycles. The van der Waals surface area contributed by atoms with Gasteiger partial charge in [0.25, 0.3) is 0 Å². The Morgan fingerprint density at radius 3 is 2.54 bits per heavy atom. The standard InChI is InChI=1S/C15H20N2O6S/c1-15(2,14(19)20)16(3)13(18)9-24-8-10-5-6-12(23-4)11(7-10)17(21)22/h5-7H,8-9H2,1-4H3,(H,19,20). The number of hydrogen-bond acceptors (Lipinski definition) is 6. The number of likely N-dealkylation sites (N-methyl/N-ethyl adjacent to an activating group) is 1. The van der Waals surface area contributed by atoms with E-state index < -0.39 is 16.4 Å². The summed E-state index contributed by atoms with van der Waals surface area (Å²) in [5.74, 6) is -0.775. The maximum Gasteiger partial charge on any atom is 0.329 e. The molecule has 0 aliphatic carbocycles. The summed E-state index contributed by atoms with van der Waals surface area (Å²) in [5.41, 5.74) is -0.747. The first kappa shape index (κ1) is 19.8. The molecule has 1 N–H and O–H groups in total. The highest BCUT2D eigenvalue weighted by molar-refractivity contribution is 7.99. The first-order valence-electron chi connectivity index (χ1n) is 7.00. The Bertz CT molecular complexity index is 647. The van der Waals surface area contributed by atoms with E-state index in [2.05, 4.69) is 0 Å². The summed E-state index contributed by atoms with van der Waals surface area (Å²) in [6.07, 6.45) is 0. The molecule has 24 heavy (non-hydrogen) atoms. The second-order valence-corrected chi connectivity index (χ2v) is 6.56. The predicted octanol–water partition coefficient (Wildman–Crippen LogP) is 2.16. The molecule has 1 aromatic carbocycles. The fourth-order valence-corrected chi connectivity index (χ4v) is 2.66. The number of rotatable bonds is 8. The molecule has 1 aromatic rings. The second kappa shape index (κ2) is 8.00. The van der Waals surface area contributed by atoms with Gasteiger partial charge in [-0.15, -0.1) is 11.8 Å². The number of nitro groups is 1. The fraction of sp³-hybridized carbons (Fsp3) is 0.467. The van der Waals surface area contributed by atoms with Gasteiger partial charge in [-0.25, -0.2) is 4.79 Å². The number of carboxylic acid groups (broad SMARTS) is 1. The molecule has 8 nitrogen and oxygen atoms in total. The molecular weight excluding hydrogens is 336 g/mol. The van der Waals surface area contributed by atoms with Crippen molar-refractivity contribution >= 4 is 29.3 Å². The largest absolute Gasteiger partial charge is 0.490 e. The number of amides is 1. The van der Waals surface area contributed by atoms with Gasteiger partial charge in [0.2, 0.25) is 5.91 Å². The molecule has 0 spiro atoms. The van der Waals surface area contributed by atoms with Crippen molar-refractivity contribution < 1.29 is 24.4 Å². The van der Waals surface area contributed by atoms with E-state index in [0.29, 0.717) is 11.3 Å². The van der Waals surface area contributed by atoms with E-state index in [-0.39, 0.29) is 23.1 Å². The number of nitro benzene ring substituents is 1. The van der Waals surface area contributed by atoms with Gasteiger partial charge in [0.05, 0.1) is 17.8 Å².